The fraction of sp³-hybridized carbons (Fsp3) is 0.261. The number of hydrogen-bond acceptors (Lipinski definition) is 3. The molecule has 6 heteroatoms. The third-order valence-corrected chi connectivity index (χ3v) is 5.39. The number of nitrogens with one attached hydrogen (secondary N) is 1. The van der Waals surface area contributed by atoms with E-state index in [1.165, 1.54) is 5.56 Å². The van der Waals surface area contributed by atoms with Gasteiger partial charge in [-0.1, -0.05) is 38.1 Å². The van der Waals surface area contributed by atoms with E-state index in [4.69, 9.17) is 0 Å². The molecule has 1 amide bonds. The van der Waals surface area contributed by atoms with Gasteiger partial charge in [0.05, 0.1) is 11.0 Å². The van der Waals surface area contributed by atoms with E-state index >= 15 is 0 Å². The van der Waals surface area contributed by atoms with Crippen LogP contribution in [0.3, 0.4) is 0 Å². The number of hydrogen-bond donors (Lipinski definition) is 1. The van der Waals surface area contributed by atoms with Gasteiger partial charge in [-0.05, 0) is 49.6 Å². The summed E-state index contributed by atoms with van der Waals surface area (Å²) in [6.07, 6.45) is 1.54. The van der Waals surface area contributed by atoms with Gasteiger partial charge in [-0.2, -0.15) is 0 Å². The Kier molecular flexibility index (Phi) is 4.92. The maximum atomic E-state index is 13.1. The molecule has 148 valence electrons. The molecular formula is C23H24N4O2. The van der Waals surface area contributed by atoms with Crippen LogP contribution in [0, 0.1) is 6.92 Å². The third kappa shape index (κ3) is 3.31. The van der Waals surface area contributed by atoms with Crippen LogP contribution in [0.25, 0.3) is 16.8 Å². The average molecular weight is 388 g/mol. The molecule has 29 heavy (non-hydrogen) atoms. The number of rotatable bonds is 5. The van der Waals surface area contributed by atoms with Gasteiger partial charge >= 0.3 is 0 Å². The van der Waals surface area contributed by atoms with Crippen LogP contribution in [0.2, 0.25) is 0 Å². The second kappa shape index (κ2) is 7.54. The van der Waals surface area contributed by atoms with Crippen molar-refractivity contribution >= 4 is 28.4 Å². The predicted octanol–water partition coefficient (Wildman–Crippen LogP) is 3.72. The highest BCUT2D eigenvalue weighted by Gasteiger charge is 2.18. The molecule has 0 saturated heterocycles. The van der Waals surface area contributed by atoms with E-state index in [1.54, 1.807) is 4.40 Å². The lowest BCUT2D eigenvalue weighted by atomic mass is 10.1. The molecule has 0 saturated carbocycles. The van der Waals surface area contributed by atoms with E-state index < -0.39 is 0 Å². The minimum atomic E-state index is -0.156. The Morgan fingerprint density at radius 2 is 1.76 bits per heavy atom. The maximum Gasteiger partial charge on any atom is 0.262 e. The van der Waals surface area contributed by atoms with Crippen LogP contribution in [0.1, 0.15) is 30.7 Å². The molecular weight excluding hydrogens is 364 g/mol. The zero-order valence-corrected chi connectivity index (χ0v) is 16.9. The lowest BCUT2D eigenvalue weighted by Gasteiger charge is -2.15. The minimum Gasteiger partial charge on any atom is -0.325 e. The van der Waals surface area contributed by atoms with Gasteiger partial charge < -0.3 is 9.88 Å². The van der Waals surface area contributed by atoms with Crippen LogP contribution >= 0.6 is 0 Å². The van der Waals surface area contributed by atoms with Gasteiger partial charge in [0.2, 0.25) is 11.7 Å². The summed E-state index contributed by atoms with van der Waals surface area (Å²) >= 11 is 0. The fourth-order valence-corrected chi connectivity index (χ4v) is 3.76. The largest absolute Gasteiger partial charge is 0.325 e. The lowest BCUT2D eigenvalue weighted by Crippen LogP contribution is -2.28. The molecule has 6 nitrogen and oxygen atoms in total. The highest BCUT2D eigenvalue weighted by Crippen LogP contribution is 2.18. The summed E-state index contributed by atoms with van der Waals surface area (Å²) in [6.45, 7) is 6.01. The van der Waals surface area contributed by atoms with Crippen LogP contribution in [-0.2, 0) is 24.2 Å². The number of imidazole rings is 1. The number of benzene rings is 2. The van der Waals surface area contributed by atoms with Crippen molar-refractivity contribution < 1.29 is 4.79 Å². The molecule has 0 aliphatic heterocycles. The lowest BCUT2D eigenvalue weighted by molar-refractivity contribution is -0.116. The number of para-hydroxylation sites is 2. The third-order valence-electron chi connectivity index (χ3n) is 5.39. The van der Waals surface area contributed by atoms with Gasteiger partial charge in [0.25, 0.3) is 5.56 Å². The number of nitrogens with zero attached hydrogens (tertiary/aromatic N) is 3. The van der Waals surface area contributed by atoms with Crippen LogP contribution in [0.5, 0.6) is 0 Å². The van der Waals surface area contributed by atoms with Crippen molar-refractivity contribution in [3.63, 3.8) is 0 Å². The highest BCUT2D eigenvalue weighted by atomic mass is 16.2. The number of carbonyl (C=O) groups is 1. The average Bonchev–Trinajstić information content (AvgIpc) is 3.12. The summed E-state index contributed by atoms with van der Waals surface area (Å²) < 4.78 is 3.44. The molecule has 0 aliphatic rings. The van der Waals surface area contributed by atoms with Crippen LogP contribution in [-0.4, -0.2) is 19.9 Å². The Morgan fingerprint density at radius 1 is 1.03 bits per heavy atom. The molecule has 0 fully saturated rings. The van der Waals surface area contributed by atoms with Gasteiger partial charge in [0.15, 0.2) is 0 Å². The molecule has 0 spiro atoms. The first-order chi connectivity index (χ1) is 14.0. The van der Waals surface area contributed by atoms with Crippen molar-refractivity contribution in [3.8, 4) is 0 Å². The van der Waals surface area contributed by atoms with E-state index in [9.17, 15) is 9.59 Å². The highest BCUT2D eigenvalue weighted by molar-refractivity contribution is 5.91. The standard InChI is InChI=1S/C23H24N4O2/c1-4-16-10-12-17(13-11-16)24-21(28)14-26-15(3)18(5-2)22(29)27-20-9-7-6-8-19(20)25-23(26)27/h6-13H,4-5,14H2,1-3H3,(H,24,28). The number of fused-ring (bicyclic) bond motifs is 3. The van der Waals surface area contributed by atoms with Gasteiger partial charge in [-0.15, -0.1) is 0 Å². The second-order valence-electron chi connectivity index (χ2n) is 7.14. The summed E-state index contributed by atoms with van der Waals surface area (Å²) in [5.41, 5.74) is 4.87. The molecule has 0 atom stereocenters. The van der Waals surface area contributed by atoms with E-state index in [0.717, 1.165) is 28.8 Å². The zero-order valence-electron chi connectivity index (χ0n) is 16.9. The Morgan fingerprint density at radius 3 is 2.45 bits per heavy atom. The first kappa shape index (κ1) is 18.9. The second-order valence-corrected chi connectivity index (χ2v) is 7.14. The molecule has 1 N–H and O–H groups in total. The smallest absolute Gasteiger partial charge is 0.262 e. The molecule has 0 unspecified atom stereocenters. The molecule has 4 aromatic rings. The monoisotopic (exact) mass is 388 g/mol. The summed E-state index contributed by atoms with van der Waals surface area (Å²) in [7, 11) is 0. The normalized spacial score (nSPS) is 11.3. The summed E-state index contributed by atoms with van der Waals surface area (Å²) in [6, 6.07) is 15.4. The molecule has 0 bridgehead atoms. The Bertz CT molecular complexity index is 1270. The SMILES string of the molecule is CCc1ccc(NC(=O)Cn2c(C)c(CC)c(=O)n3c4ccccc4nc23)cc1. The van der Waals surface area contributed by atoms with Crippen LogP contribution in [0.15, 0.2) is 53.3 Å². The Labute approximate surface area is 168 Å². The fourth-order valence-electron chi connectivity index (χ4n) is 3.76. The predicted molar refractivity (Wildman–Crippen MR) is 116 cm³/mol. The minimum absolute atomic E-state index is 0.0690. The van der Waals surface area contributed by atoms with Gasteiger partial charge in [-0.3, -0.25) is 9.59 Å². The summed E-state index contributed by atoms with van der Waals surface area (Å²) in [5.74, 6) is 0.333. The molecule has 2 aromatic carbocycles. The van der Waals surface area contributed by atoms with Crippen molar-refractivity contribution in [2.45, 2.75) is 40.2 Å². The van der Waals surface area contributed by atoms with Gasteiger partial charge in [0, 0.05) is 16.9 Å². The molecule has 2 aromatic heterocycles. The maximum absolute atomic E-state index is 13.1. The zero-order chi connectivity index (χ0) is 20.5. The number of carbonyl (C=O) groups excluding carboxylic acids is 1. The van der Waals surface area contributed by atoms with Crippen LogP contribution in [0.4, 0.5) is 5.69 Å². The van der Waals surface area contributed by atoms with Gasteiger partial charge in [-0.25, -0.2) is 9.38 Å². The van der Waals surface area contributed by atoms with E-state index in [2.05, 4.69) is 17.2 Å². The van der Waals surface area contributed by atoms with Crippen molar-refractivity contribution in [2.75, 3.05) is 5.32 Å². The van der Waals surface area contributed by atoms with Gasteiger partial charge in [0.1, 0.15) is 6.54 Å². The number of amides is 1. The topological polar surface area (TPSA) is 68.4 Å². The summed E-state index contributed by atoms with van der Waals surface area (Å²) in [4.78, 5) is 30.5. The van der Waals surface area contributed by atoms with Crippen molar-refractivity contribution in [2.24, 2.45) is 0 Å². The summed E-state index contributed by atoms with van der Waals surface area (Å²) in [5, 5.41) is 2.94. The van der Waals surface area contributed by atoms with Crippen molar-refractivity contribution in [1.29, 1.82) is 0 Å². The van der Waals surface area contributed by atoms with Crippen molar-refractivity contribution in [3.05, 3.63) is 75.7 Å². The number of aryl methyl sites for hydroxylation is 1. The molecule has 0 aliphatic carbocycles. The van der Waals surface area contributed by atoms with Crippen molar-refractivity contribution in [1.82, 2.24) is 14.0 Å². The number of aromatic nitrogens is 3. The van der Waals surface area contributed by atoms with Crippen LogP contribution < -0.4 is 10.9 Å². The Balaban J connectivity index is 1.77. The first-order valence-electron chi connectivity index (χ1n) is 9.91. The molecule has 0 radical (unpaired) electrons. The number of anilines is 1. The Hall–Kier alpha value is -3.41. The molecule has 2 heterocycles. The molecule has 4 rings (SSSR count). The van der Waals surface area contributed by atoms with E-state index in [1.807, 2.05) is 66.9 Å². The first-order valence-corrected chi connectivity index (χ1v) is 9.91. The van der Waals surface area contributed by atoms with E-state index in [0.29, 0.717) is 17.8 Å². The quantitative estimate of drug-likeness (QED) is 0.567. The van der Waals surface area contributed by atoms with E-state index in [-0.39, 0.29) is 18.0 Å².